The Morgan fingerprint density at radius 2 is 1.77 bits per heavy atom. The van der Waals surface area contributed by atoms with Crippen molar-refractivity contribution in [1.29, 1.82) is 0 Å². The molecule has 4 saturated carbocycles. The zero-order chi connectivity index (χ0) is 18.4. The van der Waals surface area contributed by atoms with E-state index in [4.69, 9.17) is 11.6 Å². The van der Waals surface area contributed by atoms with Gasteiger partial charge in [0.15, 0.2) is 0 Å². The average molecular weight is 372 g/mol. The number of carbonyl (C=O) groups excluding carboxylic acids is 1. The van der Waals surface area contributed by atoms with E-state index in [-0.39, 0.29) is 5.91 Å². The van der Waals surface area contributed by atoms with Crippen LogP contribution < -0.4 is 5.32 Å². The smallest absolute Gasteiger partial charge is 0.243 e. The van der Waals surface area contributed by atoms with Gasteiger partial charge in [-0.15, -0.1) is 0 Å². The van der Waals surface area contributed by atoms with Crippen LogP contribution in [0.4, 0.5) is 0 Å². The maximum Gasteiger partial charge on any atom is 0.243 e. The highest BCUT2D eigenvalue weighted by Crippen LogP contribution is 2.70. The van der Waals surface area contributed by atoms with Crippen LogP contribution in [0.25, 0.3) is 6.08 Å². The van der Waals surface area contributed by atoms with E-state index in [1.807, 2.05) is 30.3 Å². The summed E-state index contributed by atoms with van der Waals surface area (Å²) in [6, 6.07) is 7.52. The number of nitrogens with one attached hydrogen (secondary N) is 1. The minimum atomic E-state index is 0.00195. The molecular formula is C23H30ClNO. The summed E-state index contributed by atoms with van der Waals surface area (Å²) in [5, 5.41) is 3.83. The number of hydrogen-bond donors (Lipinski definition) is 1. The van der Waals surface area contributed by atoms with E-state index in [9.17, 15) is 4.79 Å². The highest BCUT2D eigenvalue weighted by Gasteiger charge is 2.59. The number of carbonyl (C=O) groups is 1. The van der Waals surface area contributed by atoms with Crippen molar-refractivity contribution in [2.45, 2.75) is 58.8 Å². The number of benzene rings is 1. The van der Waals surface area contributed by atoms with Crippen LogP contribution in [0.2, 0.25) is 5.02 Å². The van der Waals surface area contributed by atoms with Crippen LogP contribution in [0.3, 0.4) is 0 Å². The van der Waals surface area contributed by atoms with Gasteiger partial charge in [0.25, 0.3) is 0 Å². The Bertz CT molecular complexity index is 704. The van der Waals surface area contributed by atoms with E-state index in [1.165, 1.54) is 38.5 Å². The molecule has 1 N–H and O–H groups in total. The third kappa shape index (κ3) is 3.71. The van der Waals surface area contributed by atoms with E-state index in [2.05, 4.69) is 19.2 Å². The Morgan fingerprint density at radius 1 is 1.12 bits per heavy atom. The highest BCUT2D eigenvalue weighted by atomic mass is 35.5. The molecule has 3 heteroatoms. The largest absolute Gasteiger partial charge is 0.353 e. The van der Waals surface area contributed by atoms with Gasteiger partial charge in [0.1, 0.15) is 0 Å². The van der Waals surface area contributed by atoms with Gasteiger partial charge in [0, 0.05) is 17.6 Å². The van der Waals surface area contributed by atoms with E-state index in [1.54, 1.807) is 6.08 Å². The molecule has 0 spiro atoms. The molecule has 140 valence electrons. The topological polar surface area (TPSA) is 29.1 Å². The van der Waals surface area contributed by atoms with Gasteiger partial charge in [0.2, 0.25) is 5.91 Å². The molecule has 0 aliphatic heterocycles. The minimum Gasteiger partial charge on any atom is -0.353 e. The quantitative estimate of drug-likeness (QED) is 0.645. The van der Waals surface area contributed by atoms with Crippen molar-refractivity contribution in [2.24, 2.45) is 22.2 Å². The normalized spacial score (nSPS) is 38.0. The van der Waals surface area contributed by atoms with Crippen molar-refractivity contribution in [3.63, 3.8) is 0 Å². The van der Waals surface area contributed by atoms with Gasteiger partial charge in [-0.2, -0.15) is 0 Å². The zero-order valence-electron chi connectivity index (χ0n) is 16.0. The lowest BCUT2D eigenvalue weighted by Gasteiger charge is -2.65. The molecule has 5 rings (SSSR count). The van der Waals surface area contributed by atoms with Crippen molar-refractivity contribution >= 4 is 23.6 Å². The van der Waals surface area contributed by atoms with E-state index in [0.29, 0.717) is 21.3 Å². The molecule has 4 aliphatic rings. The molecule has 0 heterocycles. The van der Waals surface area contributed by atoms with Crippen molar-refractivity contribution in [2.75, 3.05) is 6.54 Å². The first kappa shape index (κ1) is 18.1. The molecule has 2 nitrogen and oxygen atoms in total. The predicted molar refractivity (Wildman–Crippen MR) is 108 cm³/mol. The van der Waals surface area contributed by atoms with Gasteiger partial charge < -0.3 is 5.32 Å². The van der Waals surface area contributed by atoms with Gasteiger partial charge in [0.05, 0.1) is 0 Å². The summed E-state index contributed by atoms with van der Waals surface area (Å²) in [4.78, 5) is 12.2. The summed E-state index contributed by atoms with van der Waals surface area (Å²) < 4.78 is 0. The molecule has 1 aromatic rings. The van der Waals surface area contributed by atoms with Crippen LogP contribution in [-0.4, -0.2) is 12.5 Å². The van der Waals surface area contributed by atoms with Crippen LogP contribution in [-0.2, 0) is 4.79 Å². The number of rotatable bonds is 5. The van der Waals surface area contributed by atoms with Gasteiger partial charge in [-0.3, -0.25) is 4.79 Å². The molecule has 2 unspecified atom stereocenters. The van der Waals surface area contributed by atoms with Crippen molar-refractivity contribution in [3.8, 4) is 0 Å². The van der Waals surface area contributed by atoms with Crippen molar-refractivity contribution in [3.05, 3.63) is 40.9 Å². The molecule has 0 saturated heterocycles. The van der Waals surface area contributed by atoms with Crippen LogP contribution in [0.1, 0.15) is 64.4 Å². The molecule has 4 bridgehead atoms. The second-order valence-electron chi connectivity index (χ2n) is 10.1. The second kappa shape index (κ2) is 6.41. The Hall–Kier alpha value is -1.28. The number of halogens is 1. The average Bonchev–Trinajstić information content (AvgIpc) is 2.50. The molecule has 26 heavy (non-hydrogen) atoms. The lowest BCUT2D eigenvalue weighted by atomic mass is 9.40. The predicted octanol–water partition coefficient (Wildman–Crippen LogP) is 5.86. The Morgan fingerprint density at radius 3 is 2.38 bits per heavy atom. The molecule has 4 aliphatic carbocycles. The first-order valence-electron chi connectivity index (χ1n) is 9.99. The minimum absolute atomic E-state index is 0.00195. The molecule has 4 fully saturated rings. The van der Waals surface area contributed by atoms with Crippen molar-refractivity contribution in [1.82, 2.24) is 5.32 Å². The summed E-state index contributed by atoms with van der Waals surface area (Å²) >= 11 is 5.89. The fourth-order valence-electron chi connectivity index (χ4n) is 7.22. The molecule has 0 aromatic heterocycles. The van der Waals surface area contributed by atoms with Crippen LogP contribution >= 0.6 is 11.6 Å². The summed E-state index contributed by atoms with van der Waals surface area (Å²) in [6.45, 7) is 5.82. The Kier molecular flexibility index (Phi) is 4.46. The van der Waals surface area contributed by atoms with Gasteiger partial charge >= 0.3 is 0 Å². The summed E-state index contributed by atoms with van der Waals surface area (Å²) in [5.74, 6) is 0.920. The van der Waals surface area contributed by atoms with Gasteiger partial charge in [-0.25, -0.2) is 0 Å². The zero-order valence-corrected chi connectivity index (χ0v) is 16.7. The maximum atomic E-state index is 12.2. The van der Waals surface area contributed by atoms with Gasteiger partial charge in [-0.1, -0.05) is 37.6 Å². The fourth-order valence-corrected chi connectivity index (χ4v) is 7.34. The van der Waals surface area contributed by atoms with Crippen LogP contribution in [0.15, 0.2) is 30.3 Å². The summed E-state index contributed by atoms with van der Waals surface area (Å²) in [7, 11) is 0. The molecule has 0 radical (unpaired) electrons. The van der Waals surface area contributed by atoms with E-state index < -0.39 is 0 Å². The van der Waals surface area contributed by atoms with Crippen molar-refractivity contribution < 1.29 is 4.79 Å². The Balaban J connectivity index is 1.32. The van der Waals surface area contributed by atoms with Crippen LogP contribution in [0, 0.1) is 22.2 Å². The first-order valence-corrected chi connectivity index (χ1v) is 10.4. The third-order valence-corrected chi connectivity index (χ3v) is 7.25. The van der Waals surface area contributed by atoms with Gasteiger partial charge in [-0.05, 0) is 90.9 Å². The number of hydrogen-bond acceptors (Lipinski definition) is 1. The molecule has 2 atom stereocenters. The third-order valence-electron chi connectivity index (χ3n) is 6.99. The van der Waals surface area contributed by atoms with E-state index in [0.717, 1.165) is 24.4 Å². The monoisotopic (exact) mass is 371 g/mol. The SMILES string of the molecule is CC12CC3CC(C)(C1)CC(CCNC(=O)C=Cc1ccc(Cl)cc1)(C3)C2. The molecular weight excluding hydrogens is 342 g/mol. The summed E-state index contributed by atoms with van der Waals surface area (Å²) in [5.41, 5.74) is 2.56. The fraction of sp³-hybridized carbons (Fsp3) is 0.609. The lowest BCUT2D eigenvalue weighted by Crippen LogP contribution is -2.55. The summed E-state index contributed by atoms with van der Waals surface area (Å²) in [6.07, 6.45) is 13.0. The van der Waals surface area contributed by atoms with Crippen LogP contribution in [0.5, 0.6) is 0 Å². The van der Waals surface area contributed by atoms with E-state index >= 15 is 0 Å². The Labute approximate surface area is 162 Å². The second-order valence-corrected chi connectivity index (χ2v) is 10.5. The molecule has 1 amide bonds. The first-order chi connectivity index (χ1) is 12.3. The standard InChI is InChI=1S/C23H30ClNO/c1-21-11-18-12-22(2,14-21)16-23(13-18,15-21)9-10-25-20(26)8-5-17-3-6-19(24)7-4-17/h3-8,18H,9-16H2,1-2H3,(H,25,26). The number of amides is 1. The lowest BCUT2D eigenvalue weighted by molar-refractivity contribution is -0.147. The molecule has 1 aromatic carbocycles. The maximum absolute atomic E-state index is 12.2. The highest BCUT2D eigenvalue weighted by molar-refractivity contribution is 6.30.